The summed E-state index contributed by atoms with van der Waals surface area (Å²) in [6.07, 6.45) is 1.87. The first-order chi connectivity index (χ1) is 14.0. The van der Waals surface area contributed by atoms with Crippen molar-refractivity contribution in [2.75, 3.05) is 50.1 Å². The molecule has 0 spiro atoms. The number of carbonyl (C=O) groups excluding carboxylic acids is 1. The highest BCUT2D eigenvalue weighted by Gasteiger charge is 2.23. The molecule has 0 unspecified atom stereocenters. The second kappa shape index (κ2) is 7.90. The van der Waals surface area contributed by atoms with Crippen molar-refractivity contribution < 1.29 is 4.79 Å². The summed E-state index contributed by atoms with van der Waals surface area (Å²) in [7, 11) is 3.95. The quantitative estimate of drug-likeness (QED) is 0.678. The molecule has 0 aliphatic carbocycles. The molecule has 0 N–H and O–H groups in total. The van der Waals surface area contributed by atoms with E-state index in [1.807, 2.05) is 79.5 Å². The number of benzene rings is 1. The van der Waals surface area contributed by atoms with Crippen molar-refractivity contribution in [2.24, 2.45) is 0 Å². The Morgan fingerprint density at radius 2 is 1.69 bits per heavy atom. The van der Waals surface area contributed by atoms with Gasteiger partial charge in [-0.1, -0.05) is 6.07 Å². The van der Waals surface area contributed by atoms with Crippen LogP contribution in [0.15, 0.2) is 48.7 Å². The van der Waals surface area contributed by atoms with E-state index in [2.05, 4.69) is 20.2 Å². The third kappa shape index (κ3) is 4.06. The largest absolute Gasteiger partial charge is 0.378 e. The molecule has 0 bridgehead atoms. The Morgan fingerprint density at radius 1 is 0.966 bits per heavy atom. The number of anilines is 2. The number of rotatable bonds is 4. The average Bonchev–Trinajstić information content (AvgIpc) is 3.20. The Balaban J connectivity index is 1.39. The molecule has 4 rings (SSSR count). The van der Waals surface area contributed by atoms with Gasteiger partial charge < -0.3 is 14.7 Å². The molecule has 1 fully saturated rings. The van der Waals surface area contributed by atoms with Gasteiger partial charge in [0.25, 0.3) is 5.91 Å². The molecular weight excluding hydrogens is 366 g/mol. The lowest BCUT2D eigenvalue weighted by Crippen LogP contribution is -2.49. The fourth-order valence-corrected chi connectivity index (χ4v) is 3.39. The number of aryl methyl sites for hydroxylation is 1. The lowest BCUT2D eigenvalue weighted by atomic mass is 10.1. The minimum atomic E-state index is 0.0730. The van der Waals surface area contributed by atoms with Gasteiger partial charge in [-0.3, -0.25) is 4.79 Å². The lowest BCUT2D eigenvalue weighted by Gasteiger charge is -2.35. The van der Waals surface area contributed by atoms with Crippen LogP contribution in [-0.4, -0.2) is 71.1 Å². The van der Waals surface area contributed by atoms with Crippen molar-refractivity contribution in [3.63, 3.8) is 0 Å². The highest BCUT2D eigenvalue weighted by molar-refractivity contribution is 5.95. The molecule has 2 aromatic heterocycles. The fraction of sp³-hybridized carbons (Fsp3) is 0.333. The lowest BCUT2D eigenvalue weighted by molar-refractivity contribution is 0.0746. The molecule has 8 heteroatoms. The van der Waals surface area contributed by atoms with Crippen LogP contribution >= 0.6 is 0 Å². The molecule has 1 amide bonds. The predicted molar refractivity (Wildman–Crippen MR) is 113 cm³/mol. The van der Waals surface area contributed by atoms with E-state index in [1.165, 1.54) is 0 Å². The van der Waals surface area contributed by atoms with Crippen molar-refractivity contribution in [2.45, 2.75) is 6.92 Å². The summed E-state index contributed by atoms with van der Waals surface area (Å²) in [6.45, 7) is 4.72. The molecule has 0 atom stereocenters. The minimum Gasteiger partial charge on any atom is -0.378 e. The van der Waals surface area contributed by atoms with Gasteiger partial charge in [0.1, 0.15) is 0 Å². The summed E-state index contributed by atoms with van der Waals surface area (Å²) < 4.78 is 1.71. The number of carbonyl (C=O) groups is 1. The zero-order valence-electron chi connectivity index (χ0n) is 17.0. The van der Waals surface area contributed by atoms with Crippen LogP contribution in [0.2, 0.25) is 0 Å². The van der Waals surface area contributed by atoms with Gasteiger partial charge in [-0.2, -0.15) is 5.10 Å². The number of hydrogen-bond acceptors (Lipinski definition) is 6. The van der Waals surface area contributed by atoms with E-state index < -0.39 is 0 Å². The molecule has 1 aliphatic rings. The Labute approximate surface area is 170 Å². The van der Waals surface area contributed by atoms with Gasteiger partial charge in [0, 0.05) is 57.7 Å². The van der Waals surface area contributed by atoms with Gasteiger partial charge in [-0.15, -0.1) is 10.2 Å². The van der Waals surface area contributed by atoms with Crippen LogP contribution in [0.5, 0.6) is 0 Å². The molecule has 8 nitrogen and oxygen atoms in total. The summed E-state index contributed by atoms with van der Waals surface area (Å²) in [5.41, 5.74) is 2.69. The van der Waals surface area contributed by atoms with Gasteiger partial charge in [-0.25, -0.2) is 4.68 Å². The van der Waals surface area contributed by atoms with Crippen LogP contribution in [0.4, 0.5) is 11.5 Å². The highest BCUT2D eigenvalue weighted by Crippen LogP contribution is 2.18. The Morgan fingerprint density at radius 3 is 2.31 bits per heavy atom. The first-order valence-electron chi connectivity index (χ1n) is 9.69. The molecule has 0 saturated carbocycles. The van der Waals surface area contributed by atoms with Crippen molar-refractivity contribution in [3.05, 3.63) is 59.9 Å². The molecule has 29 heavy (non-hydrogen) atoms. The Hall–Kier alpha value is -3.42. The Bertz CT molecular complexity index is 988. The highest BCUT2D eigenvalue weighted by atomic mass is 16.2. The van der Waals surface area contributed by atoms with Crippen LogP contribution < -0.4 is 9.80 Å². The summed E-state index contributed by atoms with van der Waals surface area (Å²) >= 11 is 0. The van der Waals surface area contributed by atoms with Crippen molar-refractivity contribution in [3.8, 4) is 5.82 Å². The third-order valence-corrected chi connectivity index (χ3v) is 5.09. The summed E-state index contributed by atoms with van der Waals surface area (Å²) in [5, 5.41) is 13.0. The van der Waals surface area contributed by atoms with Gasteiger partial charge in [0.15, 0.2) is 11.6 Å². The zero-order valence-corrected chi connectivity index (χ0v) is 17.0. The van der Waals surface area contributed by atoms with E-state index in [1.54, 1.807) is 4.68 Å². The third-order valence-electron chi connectivity index (χ3n) is 5.09. The normalized spacial score (nSPS) is 14.2. The van der Waals surface area contributed by atoms with Gasteiger partial charge in [0.2, 0.25) is 0 Å². The van der Waals surface area contributed by atoms with E-state index >= 15 is 0 Å². The van der Waals surface area contributed by atoms with Crippen LogP contribution in [0.25, 0.3) is 5.82 Å². The zero-order chi connectivity index (χ0) is 20.4. The maximum Gasteiger partial charge on any atom is 0.254 e. The van der Waals surface area contributed by atoms with Crippen molar-refractivity contribution in [1.82, 2.24) is 24.9 Å². The van der Waals surface area contributed by atoms with Crippen LogP contribution in [0, 0.1) is 6.92 Å². The predicted octanol–water partition coefficient (Wildman–Crippen LogP) is 2.00. The summed E-state index contributed by atoms with van der Waals surface area (Å²) in [6, 6.07) is 13.5. The van der Waals surface area contributed by atoms with E-state index in [-0.39, 0.29) is 5.91 Å². The topological polar surface area (TPSA) is 70.4 Å². The first-order valence-corrected chi connectivity index (χ1v) is 9.69. The molecule has 150 valence electrons. The first kappa shape index (κ1) is 18.9. The molecule has 0 radical (unpaired) electrons. The van der Waals surface area contributed by atoms with E-state index in [4.69, 9.17) is 0 Å². The van der Waals surface area contributed by atoms with Crippen LogP contribution in [0.1, 0.15) is 16.1 Å². The molecule has 1 aliphatic heterocycles. The number of piperazine rings is 1. The van der Waals surface area contributed by atoms with E-state index in [9.17, 15) is 4.79 Å². The Kier molecular flexibility index (Phi) is 5.16. The SMILES string of the molecule is Cc1ccn(-c2ccc(N3CCN(C(=O)c4cccc(N(C)C)c4)CC3)nn2)n1. The number of hydrogen-bond donors (Lipinski definition) is 0. The van der Waals surface area contributed by atoms with Crippen molar-refractivity contribution in [1.29, 1.82) is 0 Å². The second-order valence-electron chi connectivity index (χ2n) is 7.38. The summed E-state index contributed by atoms with van der Waals surface area (Å²) in [5.74, 6) is 1.58. The molecule has 1 aromatic carbocycles. The number of nitrogens with zero attached hydrogens (tertiary/aromatic N) is 7. The fourth-order valence-electron chi connectivity index (χ4n) is 3.39. The molecule has 1 saturated heterocycles. The molecule has 3 heterocycles. The van der Waals surface area contributed by atoms with Crippen LogP contribution in [-0.2, 0) is 0 Å². The van der Waals surface area contributed by atoms with Crippen molar-refractivity contribution >= 4 is 17.4 Å². The maximum absolute atomic E-state index is 12.9. The summed E-state index contributed by atoms with van der Waals surface area (Å²) in [4.78, 5) is 18.9. The second-order valence-corrected chi connectivity index (χ2v) is 7.38. The molecule has 3 aromatic rings. The monoisotopic (exact) mass is 391 g/mol. The maximum atomic E-state index is 12.9. The van der Waals surface area contributed by atoms with Gasteiger partial charge in [0.05, 0.1) is 5.69 Å². The molecular formula is C21H25N7O. The van der Waals surface area contributed by atoms with E-state index in [0.29, 0.717) is 18.9 Å². The van der Waals surface area contributed by atoms with Crippen LogP contribution in [0.3, 0.4) is 0 Å². The average molecular weight is 391 g/mol. The number of aromatic nitrogens is 4. The van der Waals surface area contributed by atoms with Gasteiger partial charge in [-0.05, 0) is 43.3 Å². The number of amides is 1. The smallest absolute Gasteiger partial charge is 0.254 e. The standard InChI is InChI=1S/C21H25N7O/c1-16-9-10-28(24-16)20-8-7-19(22-23-20)26-11-13-27(14-12-26)21(29)17-5-4-6-18(15-17)25(2)3/h4-10,15H,11-14H2,1-3H3. The van der Waals surface area contributed by atoms with Gasteiger partial charge >= 0.3 is 0 Å². The van der Waals surface area contributed by atoms with E-state index in [0.717, 1.165) is 35.9 Å². The minimum absolute atomic E-state index is 0.0730.